The van der Waals surface area contributed by atoms with Crippen molar-refractivity contribution in [2.45, 2.75) is 116 Å². The lowest BCUT2D eigenvalue weighted by Gasteiger charge is -2.12. The molecule has 6 N–H and O–H groups in total. The zero-order valence-electron chi connectivity index (χ0n) is 18.6. The van der Waals surface area contributed by atoms with Crippen molar-refractivity contribution in [1.29, 1.82) is 0 Å². The van der Waals surface area contributed by atoms with E-state index >= 15 is 0 Å². The lowest BCUT2D eigenvalue weighted by molar-refractivity contribution is -0.153. The highest BCUT2D eigenvalue weighted by atomic mass is 16.6. The Hall–Kier alpha value is -1.34. The second kappa shape index (κ2) is 24.7. The van der Waals surface area contributed by atoms with E-state index < -0.39 is 12.1 Å². The number of urea groups is 1. The van der Waals surface area contributed by atoms with Crippen molar-refractivity contribution in [2.24, 2.45) is 11.5 Å². The van der Waals surface area contributed by atoms with Gasteiger partial charge in [0.1, 0.15) is 6.10 Å². The molecule has 0 aromatic heterocycles. The van der Waals surface area contributed by atoms with Gasteiger partial charge in [0.25, 0.3) is 0 Å². The van der Waals surface area contributed by atoms with Gasteiger partial charge in [0.2, 0.25) is 0 Å². The van der Waals surface area contributed by atoms with Gasteiger partial charge in [-0.3, -0.25) is 4.79 Å². The predicted octanol–water partition coefficient (Wildman–Crippen LogP) is 4.17. The minimum absolute atomic E-state index is 0.317. The lowest BCUT2D eigenvalue weighted by Crippen LogP contribution is -2.25. The van der Waals surface area contributed by atoms with Crippen LogP contribution in [0.4, 0.5) is 4.79 Å². The Balaban J connectivity index is 0. The highest BCUT2D eigenvalue weighted by molar-refractivity contribution is 5.69. The van der Waals surface area contributed by atoms with E-state index in [4.69, 9.17) is 19.7 Å². The molecule has 2 amide bonds. The van der Waals surface area contributed by atoms with Crippen LogP contribution in [-0.2, 0) is 9.53 Å². The summed E-state index contributed by atoms with van der Waals surface area (Å²) in [5.74, 6) is -0.317. The van der Waals surface area contributed by atoms with Crippen molar-refractivity contribution in [1.82, 2.24) is 0 Å². The van der Waals surface area contributed by atoms with Gasteiger partial charge in [-0.15, -0.1) is 0 Å². The second-order valence-corrected chi connectivity index (χ2v) is 7.58. The minimum atomic E-state index is -0.833. The molecule has 7 nitrogen and oxygen atoms in total. The summed E-state index contributed by atoms with van der Waals surface area (Å²) in [6, 6.07) is -0.833. The smallest absolute Gasteiger partial charge is 0.309 e. The van der Waals surface area contributed by atoms with Gasteiger partial charge in [0, 0.05) is 6.42 Å². The molecule has 0 rings (SSSR count). The van der Waals surface area contributed by atoms with Crippen LogP contribution in [0.25, 0.3) is 0 Å². The first kappa shape index (κ1) is 29.9. The van der Waals surface area contributed by atoms with E-state index in [1.807, 2.05) is 0 Å². The lowest BCUT2D eigenvalue weighted by atomic mass is 10.0. The normalized spacial score (nSPS) is 10.5. The number of aliphatic hydroxyl groups is 2. The summed E-state index contributed by atoms with van der Waals surface area (Å²) < 4.78 is 4.93. The number of primary amides is 2. The molecule has 0 radical (unpaired) electrons. The number of amides is 2. The van der Waals surface area contributed by atoms with E-state index in [2.05, 4.69) is 18.4 Å². The summed E-state index contributed by atoms with van der Waals surface area (Å²) in [6.07, 6.45) is 19.1. The van der Waals surface area contributed by atoms with E-state index in [0.717, 1.165) is 12.8 Å². The number of rotatable bonds is 19. The summed E-state index contributed by atoms with van der Waals surface area (Å²) in [5.41, 5.74) is 8.50. The van der Waals surface area contributed by atoms with Crippen LogP contribution in [0.1, 0.15) is 110 Å². The van der Waals surface area contributed by atoms with Gasteiger partial charge in [-0.25, -0.2) is 4.79 Å². The van der Waals surface area contributed by atoms with Crippen LogP contribution in [0.3, 0.4) is 0 Å². The van der Waals surface area contributed by atoms with Crippen LogP contribution in [0.2, 0.25) is 0 Å². The van der Waals surface area contributed by atoms with Crippen LogP contribution in [0.15, 0.2) is 0 Å². The monoisotopic (exact) mass is 418 g/mol. The number of esters is 1. The van der Waals surface area contributed by atoms with E-state index in [1.165, 1.54) is 83.5 Å². The number of aliphatic hydroxyl groups excluding tert-OH is 2. The Bertz CT molecular complexity index is 359. The third-order valence-electron chi connectivity index (χ3n) is 4.69. The van der Waals surface area contributed by atoms with Gasteiger partial charge in [-0.1, -0.05) is 96.8 Å². The first-order valence-electron chi connectivity index (χ1n) is 11.4. The molecule has 0 saturated heterocycles. The predicted molar refractivity (Wildman–Crippen MR) is 117 cm³/mol. The van der Waals surface area contributed by atoms with Crippen molar-refractivity contribution >= 4 is 12.0 Å². The molecule has 0 aliphatic heterocycles. The van der Waals surface area contributed by atoms with Gasteiger partial charge in [0.15, 0.2) is 0 Å². The minimum Gasteiger partial charge on any atom is -0.457 e. The van der Waals surface area contributed by atoms with Crippen molar-refractivity contribution in [3.63, 3.8) is 0 Å². The molecule has 0 fully saturated rings. The average Bonchev–Trinajstić information content (AvgIpc) is 2.68. The van der Waals surface area contributed by atoms with Crippen molar-refractivity contribution in [2.75, 3.05) is 13.2 Å². The van der Waals surface area contributed by atoms with Gasteiger partial charge in [-0.2, -0.15) is 0 Å². The highest BCUT2D eigenvalue weighted by Crippen LogP contribution is 2.13. The number of ether oxygens (including phenoxy) is 1. The maximum Gasteiger partial charge on any atom is 0.309 e. The zero-order chi connectivity index (χ0) is 22.2. The molecule has 0 spiro atoms. The third kappa shape index (κ3) is 29.0. The molecule has 7 heteroatoms. The number of hydrogen-bond acceptors (Lipinski definition) is 5. The molecular formula is C22H46N2O5. The Morgan fingerprint density at radius 3 is 1.31 bits per heavy atom. The molecule has 0 aliphatic rings. The van der Waals surface area contributed by atoms with E-state index in [-0.39, 0.29) is 19.2 Å². The molecule has 29 heavy (non-hydrogen) atoms. The molecule has 0 unspecified atom stereocenters. The number of unbranched alkanes of at least 4 members (excludes halogenated alkanes) is 14. The molecule has 0 aromatic carbocycles. The maximum absolute atomic E-state index is 11.5. The first-order chi connectivity index (χ1) is 14.0. The molecule has 0 atom stereocenters. The largest absolute Gasteiger partial charge is 0.457 e. The molecule has 0 aromatic rings. The van der Waals surface area contributed by atoms with Crippen molar-refractivity contribution < 1.29 is 24.5 Å². The Labute approximate surface area is 177 Å². The number of nitrogens with two attached hydrogens (primary N) is 2. The van der Waals surface area contributed by atoms with Crippen LogP contribution < -0.4 is 11.5 Å². The van der Waals surface area contributed by atoms with Gasteiger partial charge in [0.05, 0.1) is 13.2 Å². The van der Waals surface area contributed by atoms with Crippen LogP contribution >= 0.6 is 0 Å². The fraction of sp³-hybridized carbons (Fsp3) is 0.909. The molecule has 0 heterocycles. The molecule has 0 saturated carbocycles. The third-order valence-corrected chi connectivity index (χ3v) is 4.69. The molecule has 0 aliphatic carbocycles. The summed E-state index contributed by atoms with van der Waals surface area (Å²) in [5, 5.41) is 17.7. The van der Waals surface area contributed by atoms with Crippen molar-refractivity contribution in [3.8, 4) is 0 Å². The van der Waals surface area contributed by atoms with Crippen LogP contribution in [-0.4, -0.2) is 41.5 Å². The SMILES string of the molecule is CCCCCCCCCCCCCCCCCC(=O)OC(CO)CO.NC(N)=O. The summed E-state index contributed by atoms with van der Waals surface area (Å²) >= 11 is 0. The van der Waals surface area contributed by atoms with Crippen LogP contribution in [0, 0.1) is 0 Å². The summed E-state index contributed by atoms with van der Waals surface area (Å²) in [7, 11) is 0. The van der Waals surface area contributed by atoms with Gasteiger partial charge in [-0.05, 0) is 6.42 Å². The summed E-state index contributed by atoms with van der Waals surface area (Å²) in [4.78, 5) is 20.5. The molecular weight excluding hydrogens is 372 g/mol. The van der Waals surface area contributed by atoms with E-state index in [9.17, 15) is 4.79 Å². The number of carbonyl (C=O) groups excluding carboxylic acids is 2. The second-order valence-electron chi connectivity index (χ2n) is 7.58. The van der Waals surface area contributed by atoms with E-state index in [1.54, 1.807) is 0 Å². The Morgan fingerprint density at radius 1 is 0.690 bits per heavy atom. The number of hydrogen-bond donors (Lipinski definition) is 4. The summed E-state index contributed by atoms with van der Waals surface area (Å²) in [6.45, 7) is 1.63. The zero-order valence-corrected chi connectivity index (χ0v) is 18.6. The van der Waals surface area contributed by atoms with Gasteiger partial charge >= 0.3 is 12.0 Å². The first-order valence-corrected chi connectivity index (χ1v) is 11.4. The van der Waals surface area contributed by atoms with Crippen LogP contribution in [0.5, 0.6) is 0 Å². The Kier molecular flexibility index (Phi) is 25.4. The fourth-order valence-electron chi connectivity index (χ4n) is 3.02. The quantitative estimate of drug-likeness (QED) is 0.184. The fourth-order valence-corrected chi connectivity index (χ4v) is 3.02. The molecule has 174 valence electrons. The highest BCUT2D eigenvalue weighted by Gasteiger charge is 2.11. The Morgan fingerprint density at radius 2 is 1.00 bits per heavy atom. The molecule has 0 bridgehead atoms. The van der Waals surface area contributed by atoms with Gasteiger partial charge < -0.3 is 26.4 Å². The maximum atomic E-state index is 11.5. The standard InChI is InChI=1S/C21H42O4.CH4N2O/c1-2-3-4-5-6-7-8-9-10-11-12-13-14-15-16-17-21(24)25-20(18-22)19-23;2-1(3)4/h20,22-23H,2-19H2,1H3;(H4,2,3,4). The number of carbonyl (C=O) groups is 2. The van der Waals surface area contributed by atoms with E-state index in [0.29, 0.717) is 6.42 Å². The van der Waals surface area contributed by atoms with Crippen molar-refractivity contribution in [3.05, 3.63) is 0 Å². The topological polar surface area (TPSA) is 136 Å². The average molecular weight is 419 g/mol.